The van der Waals surface area contributed by atoms with Gasteiger partial charge in [0.25, 0.3) is 0 Å². The summed E-state index contributed by atoms with van der Waals surface area (Å²) >= 11 is 6.24. The van der Waals surface area contributed by atoms with Crippen LogP contribution in [0.15, 0.2) is 146 Å². The molecule has 0 radical (unpaired) electrons. The Morgan fingerprint density at radius 2 is 0.821 bits per heavy atom. The topological polar surface area (TPSA) is 6.48 Å². The number of hydrogen-bond donors (Lipinski definition) is 0. The molecule has 0 N–H and O–H groups in total. The van der Waals surface area contributed by atoms with Gasteiger partial charge >= 0.3 is 0 Å². The number of benzene rings is 5. The first-order valence-corrected chi connectivity index (χ1v) is 14.0. The van der Waals surface area contributed by atoms with Crippen LogP contribution in [0, 0.1) is 0 Å². The fourth-order valence-electron chi connectivity index (χ4n) is 5.14. The normalized spacial score (nSPS) is 12.1. The van der Waals surface area contributed by atoms with Crippen molar-refractivity contribution >= 4 is 11.6 Å². The van der Waals surface area contributed by atoms with Crippen LogP contribution < -0.4 is 0 Å². The van der Waals surface area contributed by atoms with Crippen LogP contribution in [0.3, 0.4) is 0 Å². The maximum Gasteiger partial charge on any atom is 0.0482 e. The first-order chi connectivity index (χ1) is 19.2. The molecule has 5 aromatic carbocycles. The van der Waals surface area contributed by atoms with E-state index in [4.69, 9.17) is 11.6 Å². The number of nitrogens with zero attached hydrogens (tertiary/aromatic N) is 2. The van der Waals surface area contributed by atoms with Crippen LogP contribution in [-0.2, 0) is 26.2 Å². The fraction of sp³-hybridized carbons (Fsp3) is 0.167. The van der Waals surface area contributed by atoms with E-state index in [-0.39, 0.29) is 6.04 Å². The van der Waals surface area contributed by atoms with Crippen LogP contribution in [0.2, 0.25) is 5.02 Å². The maximum atomic E-state index is 6.24. The summed E-state index contributed by atoms with van der Waals surface area (Å²) in [5.41, 5.74) is 6.55. The highest BCUT2D eigenvalue weighted by molar-refractivity contribution is 6.30. The Morgan fingerprint density at radius 1 is 0.436 bits per heavy atom. The van der Waals surface area contributed by atoms with Crippen molar-refractivity contribution in [2.45, 2.75) is 32.2 Å². The molecule has 0 fully saturated rings. The Bertz CT molecular complexity index is 1330. The molecule has 0 saturated heterocycles. The molecule has 0 spiro atoms. The predicted octanol–water partition coefficient (Wildman–Crippen LogP) is 8.79. The Labute approximate surface area is 238 Å². The smallest absolute Gasteiger partial charge is 0.0482 e. The average molecular weight is 531 g/mol. The van der Waals surface area contributed by atoms with E-state index in [0.717, 1.165) is 37.7 Å². The minimum absolute atomic E-state index is 0.189. The first kappa shape index (κ1) is 26.9. The van der Waals surface area contributed by atoms with Gasteiger partial charge in [-0.05, 0) is 39.9 Å². The minimum atomic E-state index is 0.189. The van der Waals surface area contributed by atoms with Crippen molar-refractivity contribution in [2.24, 2.45) is 0 Å². The van der Waals surface area contributed by atoms with Crippen LogP contribution in [0.4, 0.5) is 0 Å². The molecule has 2 nitrogen and oxygen atoms in total. The van der Waals surface area contributed by atoms with Crippen molar-refractivity contribution in [3.63, 3.8) is 0 Å². The Balaban J connectivity index is 1.50. The molecule has 5 aromatic rings. The van der Waals surface area contributed by atoms with E-state index < -0.39 is 0 Å². The van der Waals surface area contributed by atoms with Crippen LogP contribution in [0.5, 0.6) is 0 Å². The van der Waals surface area contributed by atoms with E-state index in [1.165, 1.54) is 27.8 Å². The van der Waals surface area contributed by atoms with Gasteiger partial charge in [-0.1, -0.05) is 145 Å². The van der Waals surface area contributed by atoms with Gasteiger partial charge in [0.2, 0.25) is 0 Å². The predicted molar refractivity (Wildman–Crippen MR) is 163 cm³/mol. The molecular formula is C36H35ClN2. The summed E-state index contributed by atoms with van der Waals surface area (Å²) in [6.45, 7) is 4.36. The summed E-state index contributed by atoms with van der Waals surface area (Å²) in [7, 11) is 0. The van der Waals surface area contributed by atoms with Crippen molar-refractivity contribution in [2.75, 3.05) is 6.54 Å². The molecule has 0 aliphatic rings. The van der Waals surface area contributed by atoms with Gasteiger partial charge in [0.15, 0.2) is 0 Å². The zero-order chi connectivity index (χ0) is 26.7. The lowest BCUT2D eigenvalue weighted by atomic mass is 10.0. The lowest BCUT2D eigenvalue weighted by Gasteiger charge is -2.36. The fourth-order valence-corrected chi connectivity index (χ4v) is 5.26. The van der Waals surface area contributed by atoms with Gasteiger partial charge in [-0.2, -0.15) is 0 Å². The minimum Gasteiger partial charge on any atom is -0.293 e. The lowest BCUT2D eigenvalue weighted by molar-refractivity contribution is 0.116. The molecule has 196 valence electrons. The molecule has 5 rings (SSSR count). The second-order valence-corrected chi connectivity index (χ2v) is 10.5. The molecule has 0 heterocycles. The first-order valence-electron chi connectivity index (χ1n) is 13.6. The highest BCUT2D eigenvalue weighted by Gasteiger charge is 2.24. The Hall–Kier alpha value is -3.69. The van der Waals surface area contributed by atoms with Crippen LogP contribution in [0.1, 0.15) is 33.9 Å². The van der Waals surface area contributed by atoms with E-state index in [9.17, 15) is 0 Å². The summed E-state index contributed by atoms with van der Waals surface area (Å²) in [6.07, 6.45) is 0. The molecule has 0 saturated carbocycles. The lowest BCUT2D eigenvalue weighted by Crippen LogP contribution is -2.37. The number of rotatable bonds is 12. The molecule has 0 unspecified atom stereocenters. The molecule has 0 aromatic heterocycles. The number of halogens is 1. The molecule has 3 heteroatoms. The van der Waals surface area contributed by atoms with Gasteiger partial charge in [-0.25, -0.2) is 0 Å². The highest BCUT2D eigenvalue weighted by atomic mass is 35.5. The molecule has 0 aliphatic heterocycles. The van der Waals surface area contributed by atoms with Gasteiger partial charge in [-0.3, -0.25) is 9.80 Å². The quantitative estimate of drug-likeness (QED) is 0.159. The van der Waals surface area contributed by atoms with Crippen molar-refractivity contribution < 1.29 is 0 Å². The van der Waals surface area contributed by atoms with E-state index in [0.29, 0.717) is 0 Å². The van der Waals surface area contributed by atoms with Gasteiger partial charge in [0, 0.05) is 43.8 Å². The van der Waals surface area contributed by atoms with E-state index >= 15 is 0 Å². The molecule has 0 aliphatic carbocycles. The highest BCUT2D eigenvalue weighted by Crippen LogP contribution is 2.28. The van der Waals surface area contributed by atoms with E-state index in [1.807, 2.05) is 12.1 Å². The molecule has 39 heavy (non-hydrogen) atoms. The Kier molecular flexibility index (Phi) is 9.60. The van der Waals surface area contributed by atoms with Crippen molar-refractivity contribution in [1.82, 2.24) is 9.80 Å². The molecule has 0 bridgehead atoms. The van der Waals surface area contributed by atoms with Crippen LogP contribution >= 0.6 is 11.6 Å². The summed E-state index contributed by atoms with van der Waals surface area (Å²) < 4.78 is 0. The largest absolute Gasteiger partial charge is 0.293 e. The van der Waals surface area contributed by atoms with E-state index in [2.05, 4.69) is 143 Å². The van der Waals surface area contributed by atoms with Crippen molar-refractivity contribution in [3.05, 3.63) is 178 Å². The zero-order valence-corrected chi connectivity index (χ0v) is 23.0. The van der Waals surface area contributed by atoms with Gasteiger partial charge in [-0.15, -0.1) is 0 Å². The van der Waals surface area contributed by atoms with Crippen molar-refractivity contribution in [3.8, 4) is 0 Å². The SMILES string of the molecule is Clc1ccc(CN(Cc2ccccc2)[C@@H](CN(Cc2ccccc2)Cc2ccccc2)c2ccccc2)cc1. The average Bonchev–Trinajstić information content (AvgIpc) is 2.99. The van der Waals surface area contributed by atoms with Crippen LogP contribution in [-0.4, -0.2) is 16.3 Å². The molecular weight excluding hydrogens is 496 g/mol. The number of hydrogen-bond acceptors (Lipinski definition) is 2. The van der Waals surface area contributed by atoms with Crippen molar-refractivity contribution in [1.29, 1.82) is 0 Å². The standard InChI is InChI=1S/C36H35ClN2/c37-35-23-21-33(22-24-35)28-39(27-32-17-9-3-10-18-32)36(34-19-11-4-12-20-34)29-38(25-30-13-5-1-6-14-30)26-31-15-7-2-8-16-31/h1-24,36H,25-29H2/t36-/m0/s1. The Morgan fingerprint density at radius 3 is 1.28 bits per heavy atom. The third-order valence-corrected chi connectivity index (χ3v) is 7.33. The summed E-state index contributed by atoms with van der Waals surface area (Å²) in [5, 5.41) is 0.768. The summed E-state index contributed by atoms with van der Waals surface area (Å²) in [6, 6.07) is 51.8. The third kappa shape index (κ3) is 8.15. The third-order valence-electron chi connectivity index (χ3n) is 7.08. The molecule has 1 atom stereocenters. The van der Waals surface area contributed by atoms with Gasteiger partial charge in [0.1, 0.15) is 0 Å². The van der Waals surface area contributed by atoms with Gasteiger partial charge in [0.05, 0.1) is 0 Å². The second kappa shape index (κ2) is 13.9. The van der Waals surface area contributed by atoms with E-state index in [1.54, 1.807) is 0 Å². The molecule has 0 amide bonds. The summed E-state index contributed by atoms with van der Waals surface area (Å²) in [4.78, 5) is 5.19. The maximum absolute atomic E-state index is 6.24. The second-order valence-electron chi connectivity index (χ2n) is 10.1. The summed E-state index contributed by atoms with van der Waals surface area (Å²) in [5.74, 6) is 0. The zero-order valence-electron chi connectivity index (χ0n) is 22.2. The van der Waals surface area contributed by atoms with Crippen LogP contribution in [0.25, 0.3) is 0 Å². The van der Waals surface area contributed by atoms with Gasteiger partial charge < -0.3 is 0 Å². The monoisotopic (exact) mass is 530 g/mol.